The van der Waals surface area contributed by atoms with Crippen molar-refractivity contribution in [2.75, 3.05) is 6.54 Å². The molecule has 1 aromatic carbocycles. The second kappa shape index (κ2) is 6.07. The van der Waals surface area contributed by atoms with Crippen LogP contribution >= 0.6 is 0 Å². The predicted molar refractivity (Wildman–Crippen MR) is 84.0 cm³/mol. The highest BCUT2D eigenvalue weighted by Gasteiger charge is 2.30. The van der Waals surface area contributed by atoms with Gasteiger partial charge in [-0.1, -0.05) is 19.3 Å². The predicted octanol–water partition coefficient (Wildman–Crippen LogP) is 3.06. The third kappa shape index (κ3) is 2.85. The van der Waals surface area contributed by atoms with Gasteiger partial charge in [0.2, 0.25) is 0 Å². The first-order chi connectivity index (χ1) is 10.6. The highest BCUT2D eigenvalue weighted by Crippen LogP contribution is 2.36. The summed E-state index contributed by atoms with van der Waals surface area (Å²) in [4.78, 5) is 14.4. The van der Waals surface area contributed by atoms with Crippen LogP contribution in [0.1, 0.15) is 56.2 Å². The van der Waals surface area contributed by atoms with Crippen LogP contribution in [0.3, 0.4) is 0 Å². The molecule has 1 atom stereocenters. The van der Waals surface area contributed by atoms with Crippen molar-refractivity contribution in [1.29, 1.82) is 0 Å². The third-order valence-corrected chi connectivity index (χ3v) is 4.97. The number of amides is 2. The molecule has 5 nitrogen and oxygen atoms in total. The van der Waals surface area contributed by atoms with Gasteiger partial charge in [-0.3, -0.25) is 0 Å². The number of fused-ring (bicyclic) bond motifs is 1. The lowest BCUT2D eigenvalue weighted by atomic mass is 9.92. The molecule has 1 heterocycles. The average molecular weight is 304 g/mol. The molecule has 5 heteroatoms. The van der Waals surface area contributed by atoms with Gasteiger partial charge >= 0.3 is 6.03 Å². The first-order valence-corrected chi connectivity index (χ1v) is 8.18. The Morgan fingerprint density at radius 3 is 2.59 bits per heavy atom. The van der Waals surface area contributed by atoms with Crippen molar-refractivity contribution >= 4 is 6.03 Å². The molecule has 1 fully saturated rings. The van der Waals surface area contributed by atoms with Crippen molar-refractivity contribution in [3.8, 4) is 11.5 Å². The van der Waals surface area contributed by atoms with Gasteiger partial charge in [0.15, 0.2) is 11.5 Å². The van der Waals surface area contributed by atoms with Crippen LogP contribution in [0, 0.1) is 0 Å². The number of phenolic OH excluding ortho intramolecular Hbond substituents is 2. The molecule has 1 saturated carbocycles. The highest BCUT2D eigenvalue weighted by atomic mass is 16.3. The topological polar surface area (TPSA) is 72.8 Å². The van der Waals surface area contributed by atoms with Gasteiger partial charge in [-0.2, -0.15) is 0 Å². The first-order valence-electron chi connectivity index (χ1n) is 8.18. The summed E-state index contributed by atoms with van der Waals surface area (Å²) in [7, 11) is 0. The molecule has 0 bridgehead atoms. The number of carbonyl (C=O) groups is 1. The molecule has 2 amide bonds. The highest BCUT2D eigenvalue weighted by molar-refractivity contribution is 5.75. The zero-order valence-electron chi connectivity index (χ0n) is 13.0. The van der Waals surface area contributed by atoms with E-state index in [1.807, 2.05) is 11.8 Å². The summed E-state index contributed by atoms with van der Waals surface area (Å²) in [6.07, 6.45) is 6.49. The number of hydrogen-bond donors (Lipinski definition) is 3. The van der Waals surface area contributed by atoms with E-state index < -0.39 is 0 Å². The second-order valence-corrected chi connectivity index (χ2v) is 6.44. The first kappa shape index (κ1) is 15.0. The zero-order chi connectivity index (χ0) is 15.7. The number of nitrogens with one attached hydrogen (secondary N) is 1. The minimum absolute atomic E-state index is 0.0161. The molecule has 1 aliphatic carbocycles. The van der Waals surface area contributed by atoms with Gasteiger partial charge in [-0.25, -0.2) is 4.79 Å². The fourth-order valence-electron chi connectivity index (χ4n) is 3.63. The number of phenols is 2. The molecule has 1 aliphatic heterocycles. The summed E-state index contributed by atoms with van der Waals surface area (Å²) in [5.41, 5.74) is 1.92. The Morgan fingerprint density at radius 2 is 1.86 bits per heavy atom. The monoisotopic (exact) mass is 304 g/mol. The Balaban J connectivity index is 1.72. The summed E-state index contributed by atoms with van der Waals surface area (Å²) >= 11 is 0. The maximum atomic E-state index is 12.5. The zero-order valence-corrected chi connectivity index (χ0v) is 13.0. The minimum atomic E-state index is -0.125. The molecule has 0 aromatic heterocycles. The van der Waals surface area contributed by atoms with E-state index in [9.17, 15) is 15.0 Å². The Bertz CT molecular complexity index is 567. The van der Waals surface area contributed by atoms with Crippen molar-refractivity contribution in [2.45, 2.75) is 57.5 Å². The molecular weight excluding hydrogens is 280 g/mol. The molecule has 2 aliphatic rings. The average Bonchev–Trinajstić information content (AvgIpc) is 2.50. The van der Waals surface area contributed by atoms with Gasteiger partial charge < -0.3 is 20.4 Å². The van der Waals surface area contributed by atoms with Crippen LogP contribution < -0.4 is 5.32 Å². The van der Waals surface area contributed by atoms with E-state index in [1.54, 1.807) is 12.1 Å². The van der Waals surface area contributed by atoms with Gasteiger partial charge in [-0.05, 0) is 49.4 Å². The number of urea groups is 1. The van der Waals surface area contributed by atoms with E-state index in [2.05, 4.69) is 5.32 Å². The molecule has 0 radical (unpaired) electrons. The quantitative estimate of drug-likeness (QED) is 0.698. The van der Waals surface area contributed by atoms with Crippen LogP contribution in [-0.4, -0.2) is 33.7 Å². The van der Waals surface area contributed by atoms with Crippen LogP contribution in [0.4, 0.5) is 4.79 Å². The number of benzene rings is 1. The standard InChI is InChI=1S/C17H24N2O3/c1-11-14-10-16(21)15(20)9-12(14)7-8-19(11)17(22)18-13-5-3-2-4-6-13/h9-11,13,20-21H,2-8H2,1H3,(H,18,22). The van der Waals surface area contributed by atoms with Crippen molar-refractivity contribution in [1.82, 2.24) is 10.2 Å². The summed E-state index contributed by atoms with van der Waals surface area (Å²) < 4.78 is 0. The number of aromatic hydroxyl groups is 2. The van der Waals surface area contributed by atoms with Gasteiger partial charge in [0.1, 0.15) is 0 Å². The summed E-state index contributed by atoms with van der Waals surface area (Å²) in [6, 6.07) is 3.37. The van der Waals surface area contributed by atoms with Crippen molar-refractivity contribution in [2.24, 2.45) is 0 Å². The fraction of sp³-hybridized carbons (Fsp3) is 0.588. The molecule has 0 spiro atoms. The van der Waals surface area contributed by atoms with E-state index in [4.69, 9.17) is 0 Å². The summed E-state index contributed by atoms with van der Waals surface area (Å²) in [5.74, 6) is -0.216. The van der Waals surface area contributed by atoms with Crippen LogP contribution in [0.15, 0.2) is 12.1 Å². The Hall–Kier alpha value is -1.91. The molecule has 0 saturated heterocycles. The maximum absolute atomic E-state index is 12.5. The third-order valence-electron chi connectivity index (χ3n) is 4.97. The molecular formula is C17H24N2O3. The van der Waals surface area contributed by atoms with Crippen molar-refractivity contribution in [3.05, 3.63) is 23.3 Å². The van der Waals surface area contributed by atoms with Gasteiger partial charge in [0.25, 0.3) is 0 Å². The minimum Gasteiger partial charge on any atom is -0.504 e. The molecule has 1 aromatic rings. The van der Waals surface area contributed by atoms with E-state index in [0.29, 0.717) is 19.0 Å². The lowest BCUT2D eigenvalue weighted by Gasteiger charge is -2.37. The molecule has 120 valence electrons. The molecule has 3 rings (SSSR count). The Kier molecular flexibility index (Phi) is 4.14. The van der Waals surface area contributed by atoms with E-state index in [1.165, 1.54) is 19.3 Å². The van der Waals surface area contributed by atoms with Gasteiger partial charge in [-0.15, -0.1) is 0 Å². The largest absolute Gasteiger partial charge is 0.504 e. The number of hydrogen-bond acceptors (Lipinski definition) is 3. The normalized spacial score (nSPS) is 22.2. The Morgan fingerprint density at radius 1 is 1.18 bits per heavy atom. The number of carbonyl (C=O) groups excluding carboxylic acids is 1. The van der Waals surface area contributed by atoms with E-state index in [0.717, 1.165) is 24.0 Å². The van der Waals surface area contributed by atoms with Crippen LogP contribution in [0.5, 0.6) is 11.5 Å². The fourth-order valence-corrected chi connectivity index (χ4v) is 3.63. The van der Waals surface area contributed by atoms with Crippen LogP contribution in [0.2, 0.25) is 0 Å². The molecule has 3 N–H and O–H groups in total. The second-order valence-electron chi connectivity index (χ2n) is 6.44. The SMILES string of the molecule is CC1c2cc(O)c(O)cc2CCN1C(=O)NC1CCCCC1. The lowest BCUT2D eigenvalue weighted by molar-refractivity contribution is 0.167. The van der Waals surface area contributed by atoms with Crippen molar-refractivity contribution < 1.29 is 15.0 Å². The van der Waals surface area contributed by atoms with Crippen LogP contribution in [0.25, 0.3) is 0 Å². The van der Waals surface area contributed by atoms with E-state index >= 15 is 0 Å². The summed E-state index contributed by atoms with van der Waals surface area (Å²) in [5, 5.41) is 22.5. The van der Waals surface area contributed by atoms with Crippen molar-refractivity contribution in [3.63, 3.8) is 0 Å². The van der Waals surface area contributed by atoms with Gasteiger partial charge in [0.05, 0.1) is 6.04 Å². The van der Waals surface area contributed by atoms with Gasteiger partial charge in [0, 0.05) is 12.6 Å². The lowest BCUT2D eigenvalue weighted by Crippen LogP contribution is -2.48. The Labute approximate surface area is 130 Å². The smallest absolute Gasteiger partial charge is 0.318 e. The van der Waals surface area contributed by atoms with E-state index in [-0.39, 0.29) is 23.6 Å². The molecule has 22 heavy (non-hydrogen) atoms. The van der Waals surface area contributed by atoms with Crippen LogP contribution in [-0.2, 0) is 6.42 Å². The molecule has 1 unspecified atom stereocenters. The summed E-state index contributed by atoms with van der Waals surface area (Å²) in [6.45, 7) is 2.60. The number of nitrogens with zero attached hydrogens (tertiary/aromatic N) is 1. The number of rotatable bonds is 1. The maximum Gasteiger partial charge on any atom is 0.318 e.